The van der Waals surface area contributed by atoms with E-state index in [4.69, 9.17) is 0 Å². The summed E-state index contributed by atoms with van der Waals surface area (Å²) >= 11 is 0. The second-order valence-corrected chi connectivity index (χ2v) is 4.98. The van der Waals surface area contributed by atoms with E-state index in [0.717, 1.165) is 6.42 Å². The Bertz CT molecular complexity index is 464. The maximum atomic E-state index is 12.4. The Morgan fingerprint density at radius 2 is 2.00 bits per heavy atom. The van der Waals surface area contributed by atoms with E-state index in [1.807, 2.05) is 6.08 Å². The topological polar surface area (TPSA) is 0 Å². The molecule has 0 heterocycles. The van der Waals surface area contributed by atoms with E-state index in [2.05, 4.69) is 38.1 Å². The summed E-state index contributed by atoms with van der Waals surface area (Å²) < 4.78 is 12.4. The molecule has 16 heavy (non-hydrogen) atoms. The molecule has 0 radical (unpaired) electrons. The summed E-state index contributed by atoms with van der Waals surface area (Å²) in [7, 11) is 0. The molecular weight excluding hydrogens is 199 g/mol. The lowest BCUT2D eigenvalue weighted by atomic mass is 9.82. The first-order valence-electron chi connectivity index (χ1n) is 5.62. The Hall–Kier alpha value is -1.37. The highest BCUT2D eigenvalue weighted by molar-refractivity contribution is 5.51. The molecule has 0 fully saturated rings. The highest BCUT2D eigenvalue weighted by Gasteiger charge is 2.33. The Labute approximate surface area is 96.5 Å². The first-order valence-corrected chi connectivity index (χ1v) is 5.62. The van der Waals surface area contributed by atoms with Gasteiger partial charge in [0, 0.05) is 5.41 Å². The summed E-state index contributed by atoms with van der Waals surface area (Å²) in [4.78, 5) is 0. The Kier molecular flexibility index (Phi) is 2.71. The van der Waals surface area contributed by atoms with Crippen LogP contribution in [-0.2, 0) is 11.8 Å². The van der Waals surface area contributed by atoms with Crippen LogP contribution >= 0.6 is 0 Å². The van der Waals surface area contributed by atoms with Gasteiger partial charge in [0.25, 0.3) is 0 Å². The fraction of sp³-hybridized carbons (Fsp3) is 0.333. The summed E-state index contributed by atoms with van der Waals surface area (Å²) in [5.74, 6) is 0. The monoisotopic (exact) mass is 216 g/mol. The Morgan fingerprint density at radius 3 is 2.62 bits per heavy atom. The van der Waals surface area contributed by atoms with E-state index in [0.29, 0.717) is 11.9 Å². The van der Waals surface area contributed by atoms with E-state index in [-0.39, 0.29) is 5.41 Å². The maximum Gasteiger partial charge on any atom is 0.0896 e. The molecule has 1 heteroatoms. The van der Waals surface area contributed by atoms with Crippen LogP contribution in [0.15, 0.2) is 47.8 Å². The van der Waals surface area contributed by atoms with Crippen LogP contribution in [-0.4, -0.2) is 0 Å². The van der Waals surface area contributed by atoms with Crippen molar-refractivity contribution in [2.45, 2.75) is 32.6 Å². The van der Waals surface area contributed by atoms with Gasteiger partial charge in [-0.05, 0) is 30.0 Å². The smallest absolute Gasteiger partial charge is 0.0896 e. The molecule has 0 saturated carbocycles. The number of allylic oxidation sites excluding steroid dienone is 3. The van der Waals surface area contributed by atoms with Crippen molar-refractivity contribution in [3.8, 4) is 0 Å². The van der Waals surface area contributed by atoms with Gasteiger partial charge in [-0.2, -0.15) is 0 Å². The lowest BCUT2D eigenvalue weighted by molar-refractivity contribution is 0.642. The minimum atomic E-state index is 0.0286. The van der Waals surface area contributed by atoms with Crippen molar-refractivity contribution in [3.63, 3.8) is 0 Å². The van der Waals surface area contributed by atoms with Crippen LogP contribution in [0.5, 0.6) is 0 Å². The molecule has 0 bridgehead atoms. The minimum absolute atomic E-state index is 0.0286. The van der Waals surface area contributed by atoms with Gasteiger partial charge in [-0.1, -0.05) is 49.8 Å². The fourth-order valence-electron chi connectivity index (χ4n) is 2.42. The molecule has 0 saturated heterocycles. The molecule has 0 nitrogen and oxygen atoms in total. The van der Waals surface area contributed by atoms with Crippen molar-refractivity contribution in [1.82, 2.24) is 0 Å². The summed E-state index contributed by atoms with van der Waals surface area (Å²) in [5, 5.41) is 0. The molecule has 1 aliphatic rings. The molecule has 84 valence electrons. The van der Waals surface area contributed by atoms with Gasteiger partial charge in [0.15, 0.2) is 0 Å². The third-order valence-corrected chi connectivity index (χ3v) is 3.45. The molecule has 0 unspecified atom stereocenters. The second-order valence-electron chi connectivity index (χ2n) is 4.98. The molecule has 0 N–H and O–H groups in total. The summed E-state index contributed by atoms with van der Waals surface area (Å²) in [6.07, 6.45) is 3.58. The fourth-order valence-corrected chi connectivity index (χ4v) is 2.42. The van der Waals surface area contributed by atoms with Gasteiger partial charge < -0.3 is 0 Å². The van der Waals surface area contributed by atoms with Crippen molar-refractivity contribution in [2.75, 3.05) is 0 Å². The number of hydrogen-bond acceptors (Lipinski definition) is 0. The van der Waals surface area contributed by atoms with Crippen LogP contribution < -0.4 is 0 Å². The molecule has 1 aromatic carbocycles. The van der Waals surface area contributed by atoms with Gasteiger partial charge in [-0.25, -0.2) is 4.39 Å². The zero-order chi connectivity index (χ0) is 11.8. The Morgan fingerprint density at radius 1 is 1.31 bits per heavy atom. The lowest BCUT2D eigenvalue weighted by Crippen LogP contribution is -2.15. The predicted octanol–water partition coefficient (Wildman–Crippen LogP) is 4.32. The van der Waals surface area contributed by atoms with E-state index in [1.54, 1.807) is 6.92 Å². The van der Waals surface area contributed by atoms with Crippen LogP contribution in [0.1, 0.15) is 31.9 Å². The van der Waals surface area contributed by atoms with Gasteiger partial charge in [0.1, 0.15) is 0 Å². The van der Waals surface area contributed by atoms with Crippen molar-refractivity contribution >= 4 is 0 Å². The summed E-state index contributed by atoms with van der Waals surface area (Å²) in [5.41, 5.74) is 4.75. The molecule has 0 atom stereocenters. The van der Waals surface area contributed by atoms with Crippen LogP contribution in [0.25, 0.3) is 0 Å². The van der Waals surface area contributed by atoms with Crippen molar-refractivity contribution < 1.29 is 4.39 Å². The van der Waals surface area contributed by atoms with E-state index in [9.17, 15) is 4.39 Å². The zero-order valence-corrected chi connectivity index (χ0v) is 10.0. The largest absolute Gasteiger partial charge is 0.215 e. The number of fused-ring (bicyclic) bond motifs is 1. The van der Waals surface area contributed by atoms with E-state index >= 15 is 0 Å². The lowest BCUT2D eigenvalue weighted by Gasteiger charge is -2.22. The molecule has 1 aromatic rings. The van der Waals surface area contributed by atoms with Crippen LogP contribution in [0, 0.1) is 0 Å². The molecule has 0 aliphatic heterocycles. The number of hydrogen-bond donors (Lipinski definition) is 0. The average Bonchev–Trinajstić information content (AvgIpc) is 2.52. The third-order valence-electron chi connectivity index (χ3n) is 3.45. The first-order chi connectivity index (χ1) is 7.55. The molecule has 2 rings (SSSR count). The van der Waals surface area contributed by atoms with Crippen LogP contribution in [0.2, 0.25) is 0 Å². The van der Waals surface area contributed by atoms with E-state index in [1.165, 1.54) is 16.7 Å². The molecule has 0 spiro atoms. The van der Waals surface area contributed by atoms with Gasteiger partial charge in [0.2, 0.25) is 0 Å². The highest BCUT2D eigenvalue weighted by atomic mass is 19.1. The SMILES string of the molecule is CC(=C/F)/C=C1\Cc2ccccc2C1(C)C. The van der Waals surface area contributed by atoms with E-state index < -0.39 is 0 Å². The summed E-state index contributed by atoms with van der Waals surface area (Å²) in [6, 6.07) is 8.47. The normalized spacial score (nSPS) is 21.2. The molecular formula is C15H17F. The second kappa shape index (κ2) is 3.89. The van der Waals surface area contributed by atoms with Crippen LogP contribution in [0.4, 0.5) is 4.39 Å². The number of benzene rings is 1. The predicted molar refractivity (Wildman–Crippen MR) is 66.1 cm³/mol. The Balaban J connectivity index is 2.48. The van der Waals surface area contributed by atoms with Crippen LogP contribution in [0.3, 0.4) is 0 Å². The molecule has 0 aromatic heterocycles. The van der Waals surface area contributed by atoms with Crippen molar-refractivity contribution in [3.05, 3.63) is 58.9 Å². The number of halogens is 1. The zero-order valence-electron chi connectivity index (χ0n) is 10.0. The molecule has 1 aliphatic carbocycles. The van der Waals surface area contributed by atoms with Gasteiger partial charge in [-0.15, -0.1) is 0 Å². The average molecular weight is 216 g/mol. The quantitative estimate of drug-likeness (QED) is 0.655. The minimum Gasteiger partial charge on any atom is -0.215 e. The molecule has 0 amide bonds. The van der Waals surface area contributed by atoms with Crippen molar-refractivity contribution in [2.24, 2.45) is 0 Å². The van der Waals surface area contributed by atoms with Gasteiger partial charge >= 0.3 is 0 Å². The number of rotatable bonds is 1. The third kappa shape index (κ3) is 1.71. The first kappa shape index (κ1) is 11.1. The van der Waals surface area contributed by atoms with Gasteiger partial charge in [-0.3, -0.25) is 0 Å². The standard InChI is InChI=1S/C15H17F/c1-11(10-16)8-13-9-12-6-4-5-7-14(12)15(13,2)3/h4-8,10H,9H2,1-3H3/b11-10-,13-8+. The highest BCUT2D eigenvalue weighted by Crippen LogP contribution is 2.42. The maximum absolute atomic E-state index is 12.4. The summed E-state index contributed by atoms with van der Waals surface area (Å²) in [6.45, 7) is 6.21. The van der Waals surface area contributed by atoms with Gasteiger partial charge in [0.05, 0.1) is 6.33 Å². The van der Waals surface area contributed by atoms with Crippen molar-refractivity contribution in [1.29, 1.82) is 0 Å².